The summed E-state index contributed by atoms with van der Waals surface area (Å²) in [4.78, 5) is 18.4. The Hall–Kier alpha value is -0.940. The highest BCUT2D eigenvalue weighted by Crippen LogP contribution is 2.21. The van der Waals surface area contributed by atoms with Crippen LogP contribution in [-0.4, -0.2) is 47.4 Å². The van der Waals surface area contributed by atoms with Crippen LogP contribution in [0.15, 0.2) is 12.3 Å². The molecule has 20 heavy (non-hydrogen) atoms. The van der Waals surface area contributed by atoms with Crippen molar-refractivity contribution in [3.05, 3.63) is 22.8 Å². The molecule has 0 aromatic carbocycles. The molecule has 1 heterocycles. The predicted molar refractivity (Wildman–Crippen MR) is 88.0 cm³/mol. The van der Waals surface area contributed by atoms with Crippen LogP contribution >= 0.6 is 23.4 Å². The Kier molecular flexibility index (Phi) is 7.16. The van der Waals surface area contributed by atoms with Gasteiger partial charge in [0.25, 0.3) is 5.91 Å². The van der Waals surface area contributed by atoms with Gasteiger partial charge in [-0.3, -0.25) is 4.79 Å². The Morgan fingerprint density at radius 2 is 2.25 bits per heavy atom. The van der Waals surface area contributed by atoms with Gasteiger partial charge in [-0.2, -0.15) is 11.8 Å². The summed E-state index contributed by atoms with van der Waals surface area (Å²) in [6, 6.07) is 1.90. The third-order valence-corrected chi connectivity index (χ3v) is 4.14. The van der Waals surface area contributed by atoms with E-state index < -0.39 is 0 Å². The number of hydrogen-bond donors (Lipinski definition) is 1. The average Bonchev–Trinajstić information content (AvgIpc) is 2.45. The quantitative estimate of drug-likeness (QED) is 0.838. The summed E-state index contributed by atoms with van der Waals surface area (Å²) in [6.07, 6.45) is 4.55. The zero-order valence-electron chi connectivity index (χ0n) is 12.4. The molecule has 0 radical (unpaired) electrons. The maximum Gasteiger partial charge on any atom is 0.255 e. The van der Waals surface area contributed by atoms with E-state index in [9.17, 15) is 4.79 Å². The average molecular weight is 316 g/mol. The van der Waals surface area contributed by atoms with Crippen molar-refractivity contribution in [3.63, 3.8) is 0 Å². The Morgan fingerprint density at radius 1 is 1.55 bits per heavy atom. The SMILES string of the molecule is CCNc1ncc(C(=O)N(C)C(CC)CSC)cc1Cl. The third kappa shape index (κ3) is 4.28. The number of nitrogens with zero attached hydrogens (tertiary/aromatic N) is 2. The van der Waals surface area contributed by atoms with Crippen molar-refractivity contribution in [2.75, 3.05) is 30.9 Å². The molecule has 0 aliphatic carbocycles. The highest BCUT2D eigenvalue weighted by molar-refractivity contribution is 7.98. The molecule has 1 aromatic heterocycles. The zero-order chi connectivity index (χ0) is 15.1. The van der Waals surface area contributed by atoms with Crippen molar-refractivity contribution in [1.29, 1.82) is 0 Å². The van der Waals surface area contributed by atoms with E-state index in [2.05, 4.69) is 17.2 Å². The van der Waals surface area contributed by atoms with Crippen LogP contribution < -0.4 is 5.32 Å². The molecule has 0 aliphatic heterocycles. The lowest BCUT2D eigenvalue weighted by Gasteiger charge is -2.26. The molecular weight excluding hydrogens is 294 g/mol. The fraction of sp³-hybridized carbons (Fsp3) is 0.571. The first kappa shape index (κ1) is 17.1. The van der Waals surface area contributed by atoms with Crippen molar-refractivity contribution in [2.24, 2.45) is 0 Å². The number of pyridine rings is 1. The maximum absolute atomic E-state index is 12.4. The van der Waals surface area contributed by atoms with E-state index in [0.29, 0.717) is 16.4 Å². The molecule has 6 heteroatoms. The molecule has 0 bridgehead atoms. The standard InChI is InChI=1S/C14H22ClN3OS/c1-5-11(9-20-4)18(3)14(19)10-7-12(15)13(16-6-2)17-8-10/h7-8,11H,5-6,9H2,1-4H3,(H,16,17). The monoisotopic (exact) mass is 315 g/mol. The number of rotatable bonds is 7. The highest BCUT2D eigenvalue weighted by atomic mass is 35.5. The van der Waals surface area contributed by atoms with Crippen LogP contribution in [0.2, 0.25) is 5.02 Å². The van der Waals surface area contributed by atoms with Crippen LogP contribution in [0.1, 0.15) is 30.6 Å². The molecule has 1 unspecified atom stereocenters. The van der Waals surface area contributed by atoms with Gasteiger partial charge in [0.1, 0.15) is 5.82 Å². The topological polar surface area (TPSA) is 45.2 Å². The molecule has 0 saturated heterocycles. The Balaban J connectivity index is 2.88. The number of nitrogens with one attached hydrogen (secondary N) is 1. The number of aromatic nitrogens is 1. The molecule has 0 spiro atoms. The predicted octanol–water partition coefficient (Wildman–Crippen LogP) is 3.38. The molecule has 0 aliphatic rings. The third-order valence-electron chi connectivity index (χ3n) is 3.13. The number of hydrogen-bond acceptors (Lipinski definition) is 4. The van der Waals surface area contributed by atoms with Gasteiger partial charge in [-0.1, -0.05) is 18.5 Å². The minimum atomic E-state index is -0.0386. The fourth-order valence-electron chi connectivity index (χ4n) is 1.92. The van der Waals surface area contributed by atoms with Gasteiger partial charge < -0.3 is 10.2 Å². The van der Waals surface area contributed by atoms with Crippen molar-refractivity contribution >= 4 is 35.1 Å². The minimum Gasteiger partial charge on any atom is -0.369 e. The Labute approximate surface area is 130 Å². The van der Waals surface area contributed by atoms with Crippen molar-refractivity contribution < 1.29 is 4.79 Å². The van der Waals surface area contributed by atoms with Gasteiger partial charge in [-0.05, 0) is 25.7 Å². The Morgan fingerprint density at radius 3 is 2.75 bits per heavy atom. The highest BCUT2D eigenvalue weighted by Gasteiger charge is 2.20. The summed E-state index contributed by atoms with van der Waals surface area (Å²) in [6.45, 7) is 4.80. The van der Waals surface area contributed by atoms with Gasteiger partial charge in [0.05, 0.1) is 10.6 Å². The van der Waals surface area contributed by atoms with Gasteiger partial charge in [0, 0.05) is 31.6 Å². The number of amides is 1. The summed E-state index contributed by atoms with van der Waals surface area (Å²) >= 11 is 7.87. The van der Waals surface area contributed by atoms with E-state index in [-0.39, 0.29) is 11.9 Å². The zero-order valence-corrected chi connectivity index (χ0v) is 14.0. The van der Waals surface area contributed by atoms with E-state index >= 15 is 0 Å². The summed E-state index contributed by atoms with van der Waals surface area (Å²) in [5.41, 5.74) is 0.527. The van der Waals surface area contributed by atoms with E-state index in [1.807, 2.05) is 20.2 Å². The molecule has 1 aromatic rings. The first-order chi connectivity index (χ1) is 9.54. The first-order valence-corrected chi connectivity index (χ1v) is 8.47. The van der Waals surface area contributed by atoms with Gasteiger partial charge in [0.2, 0.25) is 0 Å². The number of thioether (sulfide) groups is 1. The first-order valence-electron chi connectivity index (χ1n) is 6.70. The van der Waals surface area contributed by atoms with Crippen LogP contribution in [0.3, 0.4) is 0 Å². The largest absolute Gasteiger partial charge is 0.369 e. The van der Waals surface area contributed by atoms with E-state index in [4.69, 9.17) is 11.6 Å². The van der Waals surface area contributed by atoms with E-state index in [0.717, 1.165) is 18.7 Å². The van der Waals surface area contributed by atoms with Crippen molar-refractivity contribution in [1.82, 2.24) is 9.88 Å². The lowest BCUT2D eigenvalue weighted by atomic mass is 10.2. The molecule has 0 saturated carbocycles. The van der Waals surface area contributed by atoms with Gasteiger partial charge >= 0.3 is 0 Å². The van der Waals surface area contributed by atoms with Crippen LogP contribution in [0, 0.1) is 0 Å². The molecule has 1 rings (SSSR count). The lowest BCUT2D eigenvalue weighted by molar-refractivity contribution is 0.0743. The van der Waals surface area contributed by atoms with Crippen molar-refractivity contribution in [3.8, 4) is 0 Å². The normalized spacial score (nSPS) is 12.1. The summed E-state index contributed by atoms with van der Waals surface area (Å²) < 4.78 is 0. The van der Waals surface area contributed by atoms with E-state index in [1.165, 1.54) is 0 Å². The summed E-state index contributed by atoms with van der Waals surface area (Å²) in [5, 5.41) is 3.53. The van der Waals surface area contributed by atoms with E-state index in [1.54, 1.807) is 28.9 Å². The summed E-state index contributed by atoms with van der Waals surface area (Å²) in [5.74, 6) is 1.50. The van der Waals surface area contributed by atoms with Crippen LogP contribution in [0.5, 0.6) is 0 Å². The van der Waals surface area contributed by atoms with Crippen LogP contribution in [-0.2, 0) is 0 Å². The lowest BCUT2D eigenvalue weighted by Crippen LogP contribution is -2.38. The molecular formula is C14H22ClN3OS. The maximum atomic E-state index is 12.4. The Bertz CT molecular complexity index is 456. The van der Waals surface area contributed by atoms with Crippen LogP contribution in [0.25, 0.3) is 0 Å². The minimum absolute atomic E-state index is 0.0386. The fourth-order valence-corrected chi connectivity index (χ4v) is 2.99. The molecule has 4 nitrogen and oxygen atoms in total. The van der Waals surface area contributed by atoms with Crippen molar-refractivity contribution in [2.45, 2.75) is 26.3 Å². The smallest absolute Gasteiger partial charge is 0.255 e. The van der Waals surface area contributed by atoms with Gasteiger partial charge in [0.15, 0.2) is 0 Å². The number of halogens is 1. The van der Waals surface area contributed by atoms with Gasteiger partial charge in [-0.15, -0.1) is 0 Å². The molecule has 1 atom stereocenters. The number of anilines is 1. The van der Waals surface area contributed by atoms with Crippen LogP contribution in [0.4, 0.5) is 5.82 Å². The summed E-state index contributed by atoms with van der Waals surface area (Å²) in [7, 11) is 1.83. The molecule has 112 valence electrons. The molecule has 0 fully saturated rings. The molecule has 1 amide bonds. The molecule has 1 N–H and O–H groups in total. The second kappa shape index (κ2) is 8.37. The second-order valence-electron chi connectivity index (χ2n) is 4.52. The number of carbonyl (C=O) groups is 1. The van der Waals surface area contributed by atoms with Gasteiger partial charge in [-0.25, -0.2) is 4.98 Å². The number of carbonyl (C=O) groups excluding carboxylic acids is 1. The second-order valence-corrected chi connectivity index (χ2v) is 5.84.